The van der Waals surface area contributed by atoms with Crippen LogP contribution in [-0.4, -0.2) is 38.3 Å². The van der Waals surface area contributed by atoms with Gasteiger partial charge in [0.15, 0.2) is 0 Å². The molecular weight excluding hydrogens is 304 g/mol. The molecule has 5 nitrogen and oxygen atoms in total. The Balaban J connectivity index is 0.00000242. The smallest absolute Gasteiger partial charge is 0.221 e. The molecule has 22 heavy (non-hydrogen) atoms. The highest BCUT2D eigenvalue weighted by Gasteiger charge is 2.16. The first-order valence-corrected chi connectivity index (χ1v) is 7.51. The second kappa shape index (κ2) is 10.6. The molecule has 0 radical (unpaired) electrons. The average Bonchev–Trinajstić information content (AvgIpc) is 2.53. The summed E-state index contributed by atoms with van der Waals surface area (Å²) in [5, 5.41) is 6.22. The Morgan fingerprint density at radius 2 is 2.09 bits per heavy atom. The second-order valence-electron chi connectivity index (χ2n) is 5.16. The van der Waals surface area contributed by atoms with Crippen molar-refractivity contribution < 1.29 is 14.3 Å². The first-order valence-electron chi connectivity index (χ1n) is 7.51. The van der Waals surface area contributed by atoms with E-state index in [2.05, 4.69) is 10.6 Å². The van der Waals surface area contributed by atoms with Gasteiger partial charge in [-0.3, -0.25) is 4.79 Å². The van der Waals surface area contributed by atoms with Gasteiger partial charge >= 0.3 is 0 Å². The average molecular weight is 329 g/mol. The van der Waals surface area contributed by atoms with Crippen molar-refractivity contribution in [2.45, 2.75) is 32.5 Å². The molecule has 1 unspecified atom stereocenters. The van der Waals surface area contributed by atoms with E-state index in [-0.39, 0.29) is 24.4 Å². The number of ether oxygens (including phenoxy) is 2. The molecule has 1 amide bonds. The minimum Gasteiger partial charge on any atom is -0.378 e. The molecule has 2 N–H and O–H groups in total. The van der Waals surface area contributed by atoms with Crippen molar-refractivity contribution in [3.63, 3.8) is 0 Å². The zero-order chi connectivity index (χ0) is 14.9. The second-order valence-corrected chi connectivity index (χ2v) is 5.16. The maximum atomic E-state index is 11.9. The molecule has 1 aromatic carbocycles. The zero-order valence-electron chi connectivity index (χ0n) is 13.0. The molecule has 1 aliphatic heterocycles. The van der Waals surface area contributed by atoms with Gasteiger partial charge in [0.1, 0.15) is 0 Å². The van der Waals surface area contributed by atoms with Crippen molar-refractivity contribution in [3.05, 3.63) is 35.4 Å². The number of hydrogen-bond donors (Lipinski definition) is 2. The van der Waals surface area contributed by atoms with Gasteiger partial charge in [0.25, 0.3) is 0 Å². The molecular formula is C16H25ClN2O3. The molecule has 1 aliphatic rings. The van der Waals surface area contributed by atoms with E-state index in [0.29, 0.717) is 26.2 Å². The molecule has 6 heteroatoms. The highest BCUT2D eigenvalue weighted by atomic mass is 35.5. The van der Waals surface area contributed by atoms with E-state index in [0.717, 1.165) is 30.9 Å². The third kappa shape index (κ3) is 6.75. The van der Waals surface area contributed by atoms with Gasteiger partial charge in [0, 0.05) is 32.2 Å². The number of amides is 1. The highest BCUT2D eigenvalue weighted by Crippen LogP contribution is 2.06. The van der Waals surface area contributed by atoms with E-state index in [9.17, 15) is 4.79 Å². The summed E-state index contributed by atoms with van der Waals surface area (Å²) in [5.41, 5.74) is 2.24. The predicted octanol–water partition coefficient (Wildman–Crippen LogP) is 1.64. The van der Waals surface area contributed by atoms with Crippen molar-refractivity contribution in [1.29, 1.82) is 0 Å². The molecule has 1 atom stereocenters. The summed E-state index contributed by atoms with van der Waals surface area (Å²) in [7, 11) is 0. The van der Waals surface area contributed by atoms with Gasteiger partial charge in [-0.2, -0.15) is 0 Å². The van der Waals surface area contributed by atoms with E-state index in [1.807, 2.05) is 31.2 Å². The Kier molecular flexibility index (Phi) is 9.08. The van der Waals surface area contributed by atoms with Crippen molar-refractivity contribution >= 4 is 18.3 Å². The Hall–Kier alpha value is -1.14. The van der Waals surface area contributed by atoms with Crippen molar-refractivity contribution in [2.75, 3.05) is 26.4 Å². The summed E-state index contributed by atoms with van der Waals surface area (Å²) in [6.45, 7) is 6.05. The maximum Gasteiger partial charge on any atom is 0.221 e. The van der Waals surface area contributed by atoms with Gasteiger partial charge in [0.05, 0.1) is 19.8 Å². The first-order chi connectivity index (χ1) is 10.3. The molecule has 0 bridgehead atoms. The molecule has 0 aliphatic carbocycles. The van der Waals surface area contributed by atoms with Crippen LogP contribution in [0.1, 0.15) is 24.5 Å². The number of hydrogen-bond acceptors (Lipinski definition) is 4. The van der Waals surface area contributed by atoms with Crippen LogP contribution in [0.5, 0.6) is 0 Å². The summed E-state index contributed by atoms with van der Waals surface area (Å²) < 4.78 is 10.7. The van der Waals surface area contributed by atoms with Crippen molar-refractivity contribution in [3.8, 4) is 0 Å². The van der Waals surface area contributed by atoms with Crippen molar-refractivity contribution in [1.82, 2.24) is 10.6 Å². The van der Waals surface area contributed by atoms with Gasteiger partial charge in [-0.1, -0.05) is 24.3 Å². The van der Waals surface area contributed by atoms with Crippen molar-refractivity contribution in [2.24, 2.45) is 0 Å². The van der Waals surface area contributed by atoms with Gasteiger partial charge in [-0.25, -0.2) is 0 Å². The monoisotopic (exact) mass is 328 g/mol. The van der Waals surface area contributed by atoms with Crippen LogP contribution >= 0.6 is 12.4 Å². The van der Waals surface area contributed by atoms with Crippen LogP contribution < -0.4 is 10.6 Å². The summed E-state index contributed by atoms with van der Waals surface area (Å²) in [5.74, 6) is 0.0522. The zero-order valence-corrected chi connectivity index (χ0v) is 13.8. The van der Waals surface area contributed by atoms with E-state index < -0.39 is 0 Å². The molecule has 2 rings (SSSR count). The molecule has 1 heterocycles. The minimum atomic E-state index is 0. The number of carbonyl (C=O) groups is 1. The van der Waals surface area contributed by atoms with E-state index in [1.54, 1.807) is 0 Å². The number of nitrogens with one attached hydrogen (secondary N) is 2. The topological polar surface area (TPSA) is 59.6 Å². The number of carbonyl (C=O) groups excluding carboxylic acids is 1. The van der Waals surface area contributed by atoms with Gasteiger partial charge in [-0.05, 0) is 18.1 Å². The van der Waals surface area contributed by atoms with Crippen LogP contribution in [0, 0.1) is 0 Å². The molecule has 0 saturated carbocycles. The lowest BCUT2D eigenvalue weighted by molar-refractivity contribution is -0.122. The minimum absolute atomic E-state index is 0. The van der Waals surface area contributed by atoms with Crippen LogP contribution in [0.4, 0.5) is 0 Å². The molecule has 1 fully saturated rings. The fraction of sp³-hybridized carbons (Fsp3) is 0.562. The van der Waals surface area contributed by atoms with Crippen LogP contribution in [-0.2, 0) is 27.4 Å². The Bertz CT molecular complexity index is 434. The Morgan fingerprint density at radius 1 is 1.36 bits per heavy atom. The van der Waals surface area contributed by atoms with Gasteiger partial charge in [-0.15, -0.1) is 12.4 Å². The number of benzene rings is 1. The standard InChI is InChI=1S/C16H24N2O3.ClH/c1-2-20-11-14-5-3-13(4-6-14)10-18-16(19)9-15-12-21-8-7-17-15;/h3-6,15,17H,2,7-12H2,1H3,(H,18,19);1H. The Morgan fingerprint density at radius 3 is 2.73 bits per heavy atom. The fourth-order valence-corrected chi connectivity index (χ4v) is 2.22. The maximum absolute atomic E-state index is 11.9. The number of morpholine rings is 1. The molecule has 1 aromatic rings. The van der Waals surface area contributed by atoms with Gasteiger partial charge in [0.2, 0.25) is 5.91 Å². The Labute approximate surface area is 138 Å². The van der Waals surface area contributed by atoms with Crippen LogP contribution in [0.25, 0.3) is 0 Å². The van der Waals surface area contributed by atoms with E-state index >= 15 is 0 Å². The summed E-state index contributed by atoms with van der Waals surface area (Å²) in [6.07, 6.45) is 0.461. The normalized spacial score (nSPS) is 17.6. The lowest BCUT2D eigenvalue weighted by Gasteiger charge is -2.23. The molecule has 0 spiro atoms. The molecule has 124 valence electrons. The van der Waals surface area contributed by atoms with Crippen LogP contribution in [0.15, 0.2) is 24.3 Å². The van der Waals surface area contributed by atoms with Gasteiger partial charge < -0.3 is 20.1 Å². The highest BCUT2D eigenvalue weighted by molar-refractivity contribution is 5.85. The quantitative estimate of drug-likeness (QED) is 0.799. The lowest BCUT2D eigenvalue weighted by Crippen LogP contribution is -2.44. The fourth-order valence-electron chi connectivity index (χ4n) is 2.22. The SMILES string of the molecule is CCOCc1ccc(CNC(=O)CC2COCCN2)cc1.Cl. The first kappa shape index (κ1) is 18.9. The number of rotatable bonds is 7. The van der Waals surface area contributed by atoms with Crippen LogP contribution in [0.3, 0.4) is 0 Å². The lowest BCUT2D eigenvalue weighted by atomic mass is 10.1. The summed E-state index contributed by atoms with van der Waals surface area (Å²) in [6, 6.07) is 8.25. The largest absolute Gasteiger partial charge is 0.378 e. The third-order valence-corrected chi connectivity index (χ3v) is 3.42. The molecule has 0 aromatic heterocycles. The predicted molar refractivity (Wildman–Crippen MR) is 88.1 cm³/mol. The summed E-state index contributed by atoms with van der Waals surface area (Å²) >= 11 is 0. The third-order valence-electron chi connectivity index (χ3n) is 3.42. The van der Waals surface area contributed by atoms with E-state index in [4.69, 9.17) is 9.47 Å². The summed E-state index contributed by atoms with van der Waals surface area (Å²) in [4.78, 5) is 11.9. The molecule has 1 saturated heterocycles. The van der Waals surface area contributed by atoms with Crippen LogP contribution in [0.2, 0.25) is 0 Å². The van der Waals surface area contributed by atoms with E-state index in [1.165, 1.54) is 0 Å². The number of halogens is 1.